The predicted molar refractivity (Wildman–Crippen MR) is 61.3 cm³/mol. The molecule has 74 valence electrons. The molecule has 1 aromatic carbocycles. The lowest BCUT2D eigenvalue weighted by molar-refractivity contribution is 1.20. The van der Waals surface area contributed by atoms with Crippen LogP contribution >= 0.6 is 59.0 Å². The Balaban J connectivity index is 0.00000144. The van der Waals surface area contributed by atoms with Gasteiger partial charge in [0, 0.05) is 5.02 Å². The van der Waals surface area contributed by atoms with Crippen molar-refractivity contribution in [1.82, 2.24) is 4.94 Å². The second-order valence-corrected chi connectivity index (χ2v) is 3.38. The van der Waals surface area contributed by atoms with Gasteiger partial charge in [-0.25, -0.2) is 0 Å². The van der Waals surface area contributed by atoms with Gasteiger partial charge in [-0.3, -0.25) is 0 Å². The van der Waals surface area contributed by atoms with Gasteiger partial charge >= 0.3 is 0 Å². The Hall–Kier alpha value is 0.430. The first-order chi connectivity index (χ1) is 5.65. The van der Waals surface area contributed by atoms with Crippen LogP contribution in [0.15, 0.2) is 12.1 Å². The van der Waals surface area contributed by atoms with Crippen molar-refractivity contribution in [2.45, 2.75) is 0 Å². The lowest BCUT2D eigenvalue weighted by atomic mass is 10.3. The Labute approximate surface area is 102 Å². The van der Waals surface area contributed by atoms with Crippen molar-refractivity contribution >= 4 is 64.7 Å². The van der Waals surface area contributed by atoms with Crippen LogP contribution in [-0.2, 0) is 0 Å². The SMILES string of the molecule is Cl.ClNNc1cc(Cl)cc(Cl)c1Cl. The van der Waals surface area contributed by atoms with Crippen LogP contribution in [0.4, 0.5) is 5.69 Å². The fraction of sp³-hybridized carbons (Fsp3) is 0. The van der Waals surface area contributed by atoms with Crippen LogP contribution in [0.25, 0.3) is 0 Å². The molecule has 7 heteroatoms. The third-order valence-corrected chi connectivity index (χ3v) is 2.29. The summed E-state index contributed by atoms with van der Waals surface area (Å²) in [5.41, 5.74) is 3.10. The lowest BCUT2D eigenvalue weighted by Crippen LogP contribution is -2.08. The molecule has 0 aliphatic rings. The molecule has 0 spiro atoms. The first kappa shape index (κ1) is 13.4. The second-order valence-electron chi connectivity index (χ2n) is 1.97. The van der Waals surface area contributed by atoms with Crippen LogP contribution in [0.3, 0.4) is 0 Å². The van der Waals surface area contributed by atoms with Gasteiger partial charge in [-0.1, -0.05) is 34.8 Å². The first-order valence-electron chi connectivity index (χ1n) is 2.91. The van der Waals surface area contributed by atoms with Gasteiger partial charge < -0.3 is 5.43 Å². The molecule has 0 amide bonds. The topological polar surface area (TPSA) is 24.1 Å². The number of benzene rings is 1. The maximum atomic E-state index is 5.79. The van der Waals surface area contributed by atoms with Crippen LogP contribution < -0.4 is 10.4 Å². The highest BCUT2D eigenvalue weighted by Crippen LogP contribution is 2.32. The number of hydrogen-bond acceptors (Lipinski definition) is 2. The van der Waals surface area contributed by atoms with Gasteiger partial charge in [0.2, 0.25) is 0 Å². The number of hydrogen-bond donors (Lipinski definition) is 2. The predicted octanol–water partition coefficient (Wildman–Crippen LogP) is 4.14. The van der Waals surface area contributed by atoms with Crippen molar-refractivity contribution in [1.29, 1.82) is 0 Å². The van der Waals surface area contributed by atoms with E-state index in [1.165, 1.54) is 0 Å². The molecule has 0 aliphatic carbocycles. The Kier molecular flexibility index (Phi) is 6.21. The zero-order chi connectivity index (χ0) is 9.14. The molecule has 0 aromatic heterocycles. The van der Waals surface area contributed by atoms with Crippen molar-refractivity contribution in [3.63, 3.8) is 0 Å². The quantitative estimate of drug-likeness (QED) is 0.484. The summed E-state index contributed by atoms with van der Waals surface area (Å²) in [5.74, 6) is 0. The Bertz CT molecular complexity index is 291. The first-order valence-corrected chi connectivity index (χ1v) is 4.42. The number of halogens is 5. The standard InChI is InChI=1S/C6H4Cl4N2.ClH/c7-3-1-4(8)6(9)5(2-3)11-12-10;/h1-2,11-12H;1H. The molecule has 0 unspecified atom stereocenters. The smallest absolute Gasteiger partial charge is 0.0838 e. The zero-order valence-corrected chi connectivity index (χ0v) is 9.92. The van der Waals surface area contributed by atoms with Gasteiger partial charge in [-0.05, 0) is 23.9 Å². The molecule has 0 atom stereocenters. The van der Waals surface area contributed by atoms with Crippen LogP contribution in [0.1, 0.15) is 0 Å². The summed E-state index contributed by atoms with van der Waals surface area (Å²) in [6, 6.07) is 3.15. The van der Waals surface area contributed by atoms with Crippen molar-refractivity contribution < 1.29 is 0 Å². The molecule has 0 aliphatic heterocycles. The molecule has 0 saturated heterocycles. The molecule has 0 fully saturated rings. The monoisotopic (exact) mass is 280 g/mol. The van der Waals surface area contributed by atoms with Crippen molar-refractivity contribution in [3.05, 3.63) is 27.2 Å². The van der Waals surface area contributed by atoms with Crippen molar-refractivity contribution in [3.8, 4) is 0 Å². The third-order valence-electron chi connectivity index (χ3n) is 1.17. The molecule has 2 nitrogen and oxygen atoms in total. The molecule has 2 N–H and O–H groups in total. The maximum Gasteiger partial charge on any atom is 0.0838 e. The number of nitrogens with one attached hydrogen (secondary N) is 2. The van der Waals surface area contributed by atoms with Crippen LogP contribution in [0.5, 0.6) is 0 Å². The lowest BCUT2D eigenvalue weighted by Gasteiger charge is -2.06. The average molecular weight is 282 g/mol. The summed E-state index contributed by atoms with van der Waals surface area (Å²) in [7, 11) is 0. The van der Waals surface area contributed by atoms with E-state index >= 15 is 0 Å². The van der Waals surface area contributed by atoms with Gasteiger partial charge in [0.1, 0.15) is 0 Å². The molecule has 0 heterocycles. The third kappa shape index (κ3) is 3.58. The summed E-state index contributed by atoms with van der Waals surface area (Å²) >= 11 is 22.4. The Morgan fingerprint density at radius 1 is 1.08 bits per heavy atom. The molecule has 13 heavy (non-hydrogen) atoms. The summed E-state index contributed by atoms with van der Waals surface area (Å²) in [6.45, 7) is 0. The van der Waals surface area contributed by atoms with E-state index in [-0.39, 0.29) is 12.4 Å². The zero-order valence-electron chi connectivity index (χ0n) is 6.07. The molecule has 1 aromatic rings. The van der Waals surface area contributed by atoms with Gasteiger partial charge in [0.15, 0.2) is 0 Å². The number of hydrazine groups is 1. The summed E-state index contributed by atoms with van der Waals surface area (Å²) in [4.78, 5) is 2.20. The molecule has 0 radical (unpaired) electrons. The van der Waals surface area contributed by atoms with E-state index in [1.807, 2.05) is 0 Å². The second kappa shape index (κ2) is 6.02. The number of anilines is 1. The highest BCUT2D eigenvalue weighted by molar-refractivity contribution is 6.45. The molecular weight excluding hydrogens is 277 g/mol. The van der Waals surface area contributed by atoms with E-state index in [4.69, 9.17) is 46.6 Å². The van der Waals surface area contributed by atoms with E-state index in [1.54, 1.807) is 12.1 Å². The summed E-state index contributed by atoms with van der Waals surface area (Å²) in [5, 5.41) is 1.23. The van der Waals surface area contributed by atoms with Gasteiger partial charge in [-0.15, -0.1) is 17.4 Å². The normalized spacial score (nSPS) is 9.23. The van der Waals surface area contributed by atoms with Crippen LogP contribution in [0, 0.1) is 0 Å². The Morgan fingerprint density at radius 3 is 2.23 bits per heavy atom. The number of rotatable bonds is 2. The minimum absolute atomic E-state index is 0. The molecule has 0 saturated carbocycles. The summed E-state index contributed by atoms with van der Waals surface area (Å²) in [6.07, 6.45) is 0. The maximum absolute atomic E-state index is 5.79. The van der Waals surface area contributed by atoms with Gasteiger partial charge in [0.05, 0.1) is 15.7 Å². The fourth-order valence-corrected chi connectivity index (χ4v) is 1.45. The largest absolute Gasteiger partial charge is 0.306 e. The van der Waals surface area contributed by atoms with E-state index in [2.05, 4.69) is 10.4 Å². The Morgan fingerprint density at radius 2 is 1.69 bits per heavy atom. The molecule has 0 bridgehead atoms. The van der Waals surface area contributed by atoms with Gasteiger partial charge in [0.25, 0.3) is 0 Å². The van der Waals surface area contributed by atoms with E-state index in [0.29, 0.717) is 20.8 Å². The minimum Gasteiger partial charge on any atom is -0.306 e. The minimum atomic E-state index is 0. The van der Waals surface area contributed by atoms with E-state index in [9.17, 15) is 0 Å². The van der Waals surface area contributed by atoms with E-state index in [0.717, 1.165) is 0 Å². The van der Waals surface area contributed by atoms with Crippen molar-refractivity contribution in [2.24, 2.45) is 0 Å². The highest BCUT2D eigenvalue weighted by atomic mass is 35.5. The molecule has 1 rings (SSSR count). The fourth-order valence-electron chi connectivity index (χ4n) is 0.698. The highest BCUT2D eigenvalue weighted by Gasteiger charge is 2.05. The summed E-state index contributed by atoms with van der Waals surface area (Å²) < 4.78 is 0. The van der Waals surface area contributed by atoms with Gasteiger partial charge in [-0.2, -0.15) is 0 Å². The van der Waals surface area contributed by atoms with Crippen LogP contribution in [-0.4, -0.2) is 0 Å². The van der Waals surface area contributed by atoms with E-state index < -0.39 is 0 Å². The van der Waals surface area contributed by atoms with Crippen LogP contribution in [0.2, 0.25) is 15.1 Å². The average Bonchev–Trinajstić information content (AvgIpc) is 2.00. The van der Waals surface area contributed by atoms with Crippen molar-refractivity contribution in [2.75, 3.05) is 5.43 Å². The molecular formula is C6H5Cl5N2.